The zero-order chi connectivity index (χ0) is 15.4. The summed E-state index contributed by atoms with van der Waals surface area (Å²) in [6.45, 7) is 2.52. The van der Waals surface area contributed by atoms with Crippen molar-refractivity contribution in [1.29, 1.82) is 0 Å². The molecule has 0 spiro atoms. The minimum absolute atomic E-state index is 0.00659. The molecular formula is C15H15F3N2O. The Hall–Kier alpha value is -2.24. The van der Waals surface area contributed by atoms with Crippen molar-refractivity contribution < 1.29 is 13.2 Å². The van der Waals surface area contributed by atoms with E-state index in [0.717, 1.165) is 12.5 Å². The lowest BCUT2D eigenvalue weighted by molar-refractivity contribution is 0.490. The van der Waals surface area contributed by atoms with Gasteiger partial charge in [-0.25, -0.2) is 13.2 Å². The Morgan fingerprint density at radius 2 is 1.81 bits per heavy atom. The summed E-state index contributed by atoms with van der Waals surface area (Å²) in [6.07, 6.45) is 2.42. The molecule has 0 unspecified atom stereocenters. The fourth-order valence-electron chi connectivity index (χ4n) is 1.95. The van der Waals surface area contributed by atoms with E-state index >= 15 is 0 Å². The van der Waals surface area contributed by atoms with E-state index in [2.05, 4.69) is 5.32 Å². The summed E-state index contributed by atoms with van der Waals surface area (Å²) in [5.41, 5.74) is 0.496. The lowest BCUT2D eigenvalue weighted by Crippen LogP contribution is -2.19. The second-order valence-electron chi connectivity index (χ2n) is 4.66. The molecule has 0 aliphatic rings. The van der Waals surface area contributed by atoms with Crippen molar-refractivity contribution in [1.82, 2.24) is 4.57 Å². The van der Waals surface area contributed by atoms with Gasteiger partial charge in [-0.2, -0.15) is 0 Å². The third-order valence-corrected chi connectivity index (χ3v) is 3.02. The molecule has 2 aromatic rings. The van der Waals surface area contributed by atoms with Gasteiger partial charge in [0.25, 0.3) is 5.56 Å². The largest absolute Gasteiger partial charge is 0.380 e. The Labute approximate surface area is 120 Å². The van der Waals surface area contributed by atoms with Crippen LogP contribution in [0.3, 0.4) is 0 Å². The van der Waals surface area contributed by atoms with Gasteiger partial charge in [0.2, 0.25) is 0 Å². The van der Waals surface area contributed by atoms with Crippen LogP contribution in [0.15, 0.2) is 35.3 Å². The summed E-state index contributed by atoms with van der Waals surface area (Å²) >= 11 is 0. The van der Waals surface area contributed by atoms with Gasteiger partial charge in [-0.15, -0.1) is 0 Å². The van der Waals surface area contributed by atoms with E-state index in [9.17, 15) is 18.0 Å². The topological polar surface area (TPSA) is 34.0 Å². The van der Waals surface area contributed by atoms with Gasteiger partial charge in [0.05, 0.1) is 5.69 Å². The number of aryl methyl sites for hydroxylation is 1. The Bertz CT molecular complexity index is 698. The van der Waals surface area contributed by atoms with E-state index in [1.54, 1.807) is 12.3 Å². The molecule has 1 aromatic carbocycles. The number of rotatable bonds is 5. The van der Waals surface area contributed by atoms with Gasteiger partial charge >= 0.3 is 0 Å². The van der Waals surface area contributed by atoms with E-state index in [-0.39, 0.29) is 17.7 Å². The van der Waals surface area contributed by atoms with E-state index in [4.69, 9.17) is 0 Å². The molecular weight excluding hydrogens is 281 g/mol. The van der Waals surface area contributed by atoms with Crippen LogP contribution in [-0.2, 0) is 13.1 Å². The second-order valence-corrected chi connectivity index (χ2v) is 4.66. The number of anilines is 1. The standard InChI is InChI=1S/C15H15F3N2O/c1-2-5-20-9-11(3-4-15(20)21)19-8-10-6-13(17)14(18)7-12(10)16/h3-4,6-7,9,19H,2,5,8H2,1H3. The Morgan fingerprint density at radius 1 is 1.10 bits per heavy atom. The van der Waals surface area contributed by atoms with Gasteiger partial charge in [0.15, 0.2) is 11.6 Å². The smallest absolute Gasteiger partial charge is 0.250 e. The number of pyridine rings is 1. The van der Waals surface area contributed by atoms with Crippen molar-refractivity contribution in [2.75, 3.05) is 5.32 Å². The first-order valence-electron chi connectivity index (χ1n) is 6.59. The average Bonchev–Trinajstić information content (AvgIpc) is 2.45. The maximum atomic E-state index is 13.5. The predicted octanol–water partition coefficient (Wildman–Crippen LogP) is 3.29. The van der Waals surface area contributed by atoms with Gasteiger partial charge in [0.1, 0.15) is 5.82 Å². The molecule has 0 aliphatic carbocycles. The summed E-state index contributed by atoms with van der Waals surface area (Å²) in [4.78, 5) is 11.6. The van der Waals surface area contributed by atoms with Crippen molar-refractivity contribution in [3.8, 4) is 0 Å². The highest BCUT2D eigenvalue weighted by Gasteiger charge is 2.09. The molecule has 0 saturated carbocycles. The van der Waals surface area contributed by atoms with Crippen molar-refractivity contribution in [2.24, 2.45) is 0 Å². The molecule has 112 valence electrons. The summed E-state index contributed by atoms with van der Waals surface area (Å²) in [5.74, 6) is -3.12. The van der Waals surface area contributed by atoms with Crippen molar-refractivity contribution in [3.05, 3.63) is 63.8 Å². The number of aromatic nitrogens is 1. The highest BCUT2D eigenvalue weighted by Crippen LogP contribution is 2.15. The number of hydrogen-bond donors (Lipinski definition) is 1. The van der Waals surface area contributed by atoms with E-state index in [0.29, 0.717) is 18.3 Å². The molecule has 1 aromatic heterocycles. The van der Waals surface area contributed by atoms with Gasteiger partial charge < -0.3 is 9.88 Å². The van der Waals surface area contributed by atoms with Crippen molar-refractivity contribution in [3.63, 3.8) is 0 Å². The minimum atomic E-state index is -1.22. The molecule has 1 heterocycles. The fraction of sp³-hybridized carbons (Fsp3) is 0.267. The maximum Gasteiger partial charge on any atom is 0.250 e. The first-order chi connectivity index (χ1) is 10.0. The quantitative estimate of drug-likeness (QED) is 0.859. The molecule has 6 heteroatoms. The van der Waals surface area contributed by atoms with Gasteiger partial charge in [0, 0.05) is 37.0 Å². The van der Waals surface area contributed by atoms with Crippen LogP contribution in [0.1, 0.15) is 18.9 Å². The summed E-state index contributed by atoms with van der Waals surface area (Å²) in [5, 5.41) is 2.89. The maximum absolute atomic E-state index is 13.5. The van der Waals surface area contributed by atoms with E-state index < -0.39 is 17.5 Å². The molecule has 0 bridgehead atoms. The predicted molar refractivity (Wildman–Crippen MR) is 74.6 cm³/mol. The number of hydrogen-bond acceptors (Lipinski definition) is 2. The van der Waals surface area contributed by atoms with Crippen LogP contribution in [0.25, 0.3) is 0 Å². The number of benzene rings is 1. The SMILES string of the molecule is CCCn1cc(NCc2cc(F)c(F)cc2F)ccc1=O. The molecule has 0 atom stereocenters. The van der Waals surface area contributed by atoms with Gasteiger partial charge in [-0.3, -0.25) is 4.79 Å². The molecule has 2 rings (SSSR count). The van der Waals surface area contributed by atoms with Gasteiger partial charge in [-0.05, 0) is 18.6 Å². The van der Waals surface area contributed by atoms with Crippen LogP contribution in [0.5, 0.6) is 0 Å². The Balaban J connectivity index is 2.15. The van der Waals surface area contributed by atoms with Crippen LogP contribution >= 0.6 is 0 Å². The monoisotopic (exact) mass is 296 g/mol. The zero-order valence-corrected chi connectivity index (χ0v) is 11.5. The van der Waals surface area contributed by atoms with Crippen LogP contribution in [0.2, 0.25) is 0 Å². The number of nitrogens with zero attached hydrogens (tertiary/aromatic N) is 1. The first-order valence-corrected chi connectivity index (χ1v) is 6.59. The zero-order valence-electron chi connectivity index (χ0n) is 11.5. The van der Waals surface area contributed by atoms with Crippen LogP contribution in [-0.4, -0.2) is 4.57 Å². The lowest BCUT2D eigenvalue weighted by atomic mass is 10.2. The van der Waals surface area contributed by atoms with Crippen LogP contribution < -0.4 is 10.9 Å². The minimum Gasteiger partial charge on any atom is -0.380 e. The van der Waals surface area contributed by atoms with Gasteiger partial charge in [-0.1, -0.05) is 6.92 Å². The molecule has 1 N–H and O–H groups in total. The highest BCUT2D eigenvalue weighted by molar-refractivity contribution is 5.41. The third kappa shape index (κ3) is 3.65. The van der Waals surface area contributed by atoms with Crippen molar-refractivity contribution >= 4 is 5.69 Å². The molecule has 0 amide bonds. The lowest BCUT2D eigenvalue weighted by Gasteiger charge is -2.10. The fourth-order valence-corrected chi connectivity index (χ4v) is 1.95. The third-order valence-electron chi connectivity index (χ3n) is 3.02. The van der Waals surface area contributed by atoms with E-state index in [1.165, 1.54) is 10.6 Å². The molecule has 0 aliphatic heterocycles. The molecule has 0 saturated heterocycles. The van der Waals surface area contributed by atoms with Crippen molar-refractivity contribution in [2.45, 2.75) is 26.4 Å². The van der Waals surface area contributed by atoms with Crippen LogP contribution in [0.4, 0.5) is 18.9 Å². The summed E-state index contributed by atoms with van der Waals surface area (Å²) < 4.78 is 40.9. The normalized spacial score (nSPS) is 10.7. The Morgan fingerprint density at radius 3 is 2.52 bits per heavy atom. The highest BCUT2D eigenvalue weighted by atomic mass is 19.2. The number of nitrogens with one attached hydrogen (secondary N) is 1. The Kier molecular flexibility index (Phi) is 4.67. The second kappa shape index (κ2) is 6.47. The summed E-state index contributed by atoms with van der Waals surface area (Å²) in [7, 11) is 0. The molecule has 3 nitrogen and oxygen atoms in total. The summed E-state index contributed by atoms with van der Waals surface area (Å²) in [6, 6.07) is 4.30. The number of halogens is 3. The molecule has 21 heavy (non-hydrogen) atoms. The van der Waals surface area contributed by atoms with E-state index in [1.807, 2.05) is 6.92 Å². The first kappa shape index (κ1) is 15.2. The average molecular weight is 296 g/mol. The van der Waals surface area contributed by atoms with Crippen LogP contribution in [0, 0.1) is 17.5 Å². The molecule has 0 fully saturated rings. The molecule has 0 radical (unpaired) electrons.